The van der Waals surface area contributed by atoms with E-state index < -0.39 is 27.7 Å². The lowest BCUT2D eigenvalue weighted by molar-refractivity contribution is 0.0900. The first kappa shape index (κ1) is 39.1. The zero-order valence-corrected chi connectivity index (χ0v) is 36.6. The highest BCUT2D eigenvalue weighted by atomic mass is 33.5. The molecule has 0 radical (unpaired) electrons. The van der Waals surface area contributed by atoms with Crippen LogP contribution in [-0.2, 0) is 36.6 Å². The van der Waals surface area contributed by atoms with Gasteiger partial charge in [-0.3, -0.25) is 0 Å². The maximum atomic E-state index is 6.41. The Hall–Kier alpha value is -1.58. The van der Waals surface area contributed by atoms with Gasteiger partial charge in [0.25, 0.3) is 0 Å². The Labute approximate surface area is 322 Å². The Morgan fingerprint density at radius 3 is 1.27 bits per heavy atom. The Kier molecular flexibility index (Phi) is 12.0. The first-order valence-corrected chi connectivity index (χ1v) is 25.0. The third-order valence-corrected chi connectivity index (χ3v) is 24.6. The molecule has 272 valence electrons. The molecule has 2 aliphatic carbocycles. The second-order valence-corrected chi connectivity index (χ2v) is 24.7. The molecule has 0 amide bonds. The SMILES string of the molecule is CO[Si](OC)(OC)C1(c2nc3ccccc3s2)C(SSSC2=C(C)C=CC(C)C2(c2nc3ccccc3s2)[Si](OC)(OC)OC)=C(C)C=CC1C. The van der Waals surface area contributed by atoms with Crippen LogP contribution in [0.3, 0.4) is 0 Å². The minimum Gasteiger partial charge on any atom is -0.376 e. The zero-order chi connectivity index (χ0) is 36.6. The Bertz CT molecular complexity index is 1800. The van der Waals surface area contributed by atoms with E-state index in [-0.39, 0.29) is 11.8 Å². The molecule has 0 spiro atoms. The molecule has 4 atom stereocenters. The summed E-state index contributed by atoms with van der Waals surface area (Å²) < 4.78 is 40.7. The topological polar surface area (TPSA) is 81.2 Å². The number of aromatic nitrogens is 2. The molecule has 15 heteroatoms. The van der Waals surface area contributed by atoms with Gasteiger partial charge in [-0.1, -0.05) is 62.4 Å². The molecule has 0 saturated carbocycles. The predicted molar refractivity (Wildman–Crippen MR) is 221 cm³/mol. The fourth-order valence-electron chi connectivity index (χ4n) is 7.63. The average Bonchev–Trinajstić information content (AvgIpc) is 3.79. The van der Waals surface area contributed by atoms with Gasteiger partial charge in [-0.25, -0.2) is 9.97 Å². The van der Waals surface area contributed by atoms with Crippen molar-refractivity contribution in [3.63, 3.8) is 0 Å². The van der Waals surface area contributed by atoms with Crippen LogP contribution in [0.2, 0.25) is 0 Å². The standard InChI is InChI=1S/C36H44N2O6S5Si2/c1-23-19-21-25(3)35(50(39-5,40-6)41-7,33-37-27-15-11-13-17-29(27)45-33)31(23)47-49-48-32-24(2)20-22-26(4)36(32,51(42-8,43-9)44-10)34-38-28-16-12-14-18-30(28)46-34/h11-22,25-26H,1-10H3. The van der Waals surface area contributed by atoms with Gasteiger partial charge < -0.3 is 26.6 Å². The molecule has 0 N–H and O–H groups in total. The summed E-state index contributed by atoms with van der Waals surface area (Å²) in [5.41, 5.74) is 4.11. The third-order valence-electron chi connectivity index (χ3n) is 10.1. The van der Waals surface area contributed by atoms with Gasteiger partial charge in [0.2, 0.25) is 0 Å². The van der Waals surface area contributed by atoms with E-state index in [4.69, 9.17) is 36.5 Å². The van der Waals surface area contributed by atoms with Crippen LogP contribution in [0.15, 0.2) is 93.8 Å². The van der Waals surface area contributed by atoms with Gasteiger partial charge in [0.05, 0.1) is 20.4 Å². The lowest BCUT2D eigenvalue weighted by Gasteiger charge is -2.48. The molecule has 0 aliphatic heterocycles. The smallest absolute Gasteiger partial charge is 0.376 e. The highest BCUT2D eigenvalue weighted by Crippen LogP contribution is 2.64. The van der Waals surface area contributed by atoms with E-state index in [2.05, 4.69) is 88.4 Å². The quantitative estimate of drug-likeness (QED) is 0.0902. The third kappa shape index (κ3) is 5.95. The van der Waals surface area contributed by atoms with Gasteiger partial charge in [0.15, 0.2) is 0 Å². The van der Waals surface area contributed by atoms with Crippen LogP contribution in [0.1, 0.15) is 37.7 Å². The number of allylic oxidation sites excluding steroid dienone is 8. The lowest BCUT2D eigenvalue weighted by atomic mass is 9.86. The minimum absolute atomic E-state index is 0.0441. The molecular formula is C36H44N2O6S5Si2. The molecule has 4 aromatic rings. The molecule has 8 nitrogen and oxygen atoms in total. The first-order valence-electron chi connectivity index (χ1n) is 16.4. The second kappa shape index (κ2) is 15.6. The van der Waals surface area contributed by atoms with E-state index in [9.17, 15) is 0 Å². The fourth-order valence-corrected chi connectivity index (χ4v) is 23.5. The van der Waals surface area contributed by atoms with Gasteiger partial charge in [-0.2, -0.15) is 0 Å². The summed E-state index contributed by atoms with van der Waals surface area (Å²) in [6, 6.07) is 16.5. The van der Waals surface area contributed by atoms with Crippen LogP contribution in [0.25, 0.3) is 20.4 Å². The number of hydrogen-bond donors (Lipinski definition) is 0. The summed E-state index contributed by atoms with van der Waals surface area (Å²) in [5, 5.41) is 0.235. The predicted octanol–water partition coefficient (Wildman–Crippen LogP) is 9.91. The van der Waals surface area contributed by atoms with Crippen LogP contribution in [0.5, 0.6) is 0 Å². The fraction of sp³-hybridized carbons (Fsp3) is 0.389. The van der Waals surface area contributed by atoms with Crippen LogP contribution < -0.4 is 0 Å². The lowest BCUT2D eigenvalue weighted by Crippen LogP contribution is -2.65. The maximum absolute atomic E-state index is 6.41. The van der Waals surface area contributed by atoms with Crippen molar-refractivity contribution in [1.29, 1.82) is 0 Å². The Balaban J connectivity index is 1.50. The largest absolute Gasteiger partial charge is 0.519 e. The monoisotopic (exact) mass is 816 g/mol. The molecule has 0 saturated heterocycles. The van der Waals surface area contributed by atoms with Crippen molar-refractivity contribution in [3.8, 4) is 0 Å². The normalized spacial score (nSPS) is 24.4. The van der Waals surface area contributed by atoms with Crippen LogP contribution in [0.4, 0.5) is 0 Å². The second-order valence-electron chi connectivity index (χ2n) is 12.5. The van der Waals surface area contributed by atoms with E-state index in [1.54, 1.807) is 96.7 Å². The van der Waals surface area contributed by atoms with Crippen LogP contribution in [0, 0.1) is 11.8 Å². The summed E-state index contributed by atoms with van der Waals surface area (Å²) >= 11 is 3.35. The van der Waals surface area contributed by atoms with Crippen molar-refractivity contribution < 1.29 is 26.6 Å². The van der Waals surface area contributed by atoms with E-state index in [1.807, 2.05) is 12.1 Å². The number of nitrogens with zero attached hydrogens (tertiary/aromatic N) is 2. The van der Waals surface area contributed by atoms with Gasteiger partial charge in [0, 0.05) is 52.5 Å². The summed E-state index contributed by atoms with van der Waals surface area (Å²) in [6.07, 6.45) is 8.86. The number of thiazole rings is 2. The summed E-state index contributed by atoms with van der Waals surface area (Å²) in [4.78, 5) is 12.7. The Morgan fingerprint density at radius 2 is 0.941 bits per heavy atom. The van der Waals surface area contributed by atoms with Gasteiger partial charge in [-0.05, 0) is 92.5 Å². The Morgan fingerprint density at radius 1 is 0.588 bits per heavy atom. The number of fused-ring (bicyclic) bond motifs is 2. The molecule has 2 heterocycles. The van der Waals surface area contributed by atoms with Crippen LogP contribution in [-0.4, -0.2) is 70.2 Å². The van der Waals surface area contributed by atoms with Crippen molar-refractivity contribution in [2.24, 2.45) is 11.8 Å². The number of benzene rings is 2. The molecule has 0 bridgehead atoms. The summed E-state index contributed by atoms with van der Waals surface area (Å²) in [7, 11) is 8.31. The van der Waals surface area contributed by atoms with Gasteiger partial charge in [0.1, 0.15) is 20.1 Å². The van der Waals surface area contributed by atoms with E-state index in [0.717, 1.165) is 51.4 Å². The van der Waals surface area contributed by atoms with Crippen LogP contribution >= 0.6 is 54.1 Å². The van der Waals surface area contributed by atoms with E-state index in [1.165, 1.54) is 0 Å². The summed E-state index contributed by atoms with van der Waals surface area (Å²) in [5.74, 6) is -0.0883. The molecule has 2 aromatic heterocycles. The van der Waals surface area contributed by atoms with E-state index in [0.29, 0.717) is 0 Å². The van der Waals surface area contributed by atoms with E-state index >= 15 is 0 Å². The molecule has 4 unspecified atom stereocenters. The molecule has 2 aliphatic rings. The van der Waals surface area contributed by atoms with Gasteiger partial charge in [-0.15, -0.1) is 22.7 Å². The average molecular weight is 817 g/mol. The highest BCUT2D eigenvalue weighted by molar-refractivity contribution is 9.10. The number of rotatable bonds is 14. The minimum atomic E-state index is -3.49. The van der Waals surface area contributed by atoms with Crippen molar-refractivity contribution in [2.75, 3.05) is 42.7 Å². The molecule has 51 heavy (non-hydrogen) atoms. The first-order chi connectivity index (χ1) is 24.6. The maximum Gasteiger partial charge on any atom is 0.519 e. The van der Waals surface area contributed by atoms with Crippen molar-refractivity contribution in [3.05, 3.63) is 104 Å². The molecular weight excluding hydrogens is 773 g/mol. The molecule has 0 fully saturated rings. The van der Waals surface area contributed by atoms with Crippen molar-refractivity contribution in [1.82, 2.24) is 9.97 Å². The zero-order valence-electron chi connectivity index (χ0n) is 30.5. The van der Waals surface area contributed by atoms with Crippen molar-refractivity contribution in [2.45, 2.75) is 37.8 Å². The van der Waals surface area contributed by atoms with Crippen molar-refractivity contribution >= 4 is 92.1 Å². The van der Waals surface area contributed by atoms with Gasteiger partial charge >= 0.3 is 17.6 Å². The molecule has 6 rings (SSSR count). The molecule has 2 aromatic carbocycles. The summed E-state index contributed by atoms with van der Waals surface area (Å²) in [6.45, 7) is 8.72. The number of para-hydroxylation sites is 2. The highest BCUT2D eigenvalue weighted by Gasteiger charge is 2.70. The number of hydrogen-bond acceptors (Lipinski definition) is 13.